The number of fused-ring (bicyclic) bond motifs is 1. The number of benzene rings is 3. The summed E-state index contributed by atoms with van der Waals surface area (Å²) in [7, 11) is 1.95. The molecule has 0 aliphatic carbocycles. The fourth-order valence-electron chi connectivity index (χ4n) is 3.97. The first-order valence-electron chi connectivity index (χ1n) is 9.74. The topological polar surface area (TPSA) is 17.0 Å². The second kappa shape index (κ2) is 7.99. The van der Waals surface area contributed by atoms with Crippen LogP contribution in [0.15, 0.2) is 79.0 Å². The molecule has 0 amide bonds. The summed E-state index contributed by atoms with van der Waals surface area (Å²) in [6.45, 7) is 2.97. The summed E-state index contributed by atoms with van der Waals surface area (Å²) in [6.07, 6.45) is 3.11. The minimum atomic E-state index is -0.192. The Kier molecular flexibility index (Phi) is 5.27. The Labute approximate surface area is 165 Å². The van der Waals surface area contributed by atoms with Gasteiger partial charge in [-0.3, -0.25) is 0 Å². The molecule has 0 bridgehead atoms. The van der Waals surface area contributed by atoms with Crippen molar-refractivity contribution in [2.45, 2.75) is 19.4 Å². The first kappa shape index (κ1) is 18.5. The fraction of sp³-hybridized carbons (Fsp3) is 0.200. The fourth-order valence-corrected chi connectivity index (χ4v) is 3.97. The van der Waals surface area contributed by atoms with Crippen molar-refractivity contribution in [3.8, 4) is 11.1 Å². The molecule has 4 rings (SSSR count). The zero-order valence-corrected chi connectivity index (χ0v) is 16.3. The first-order chi connectivity index (χ1) is 13.7. The Morgan fingerprint density at radius 1 is 0.964 bits per heavy atom. The molecular weight excluding hydrogens is 347 g/mol. The van der Waals surface area contributed by atoms with Crippen LogP contribution in [0.25, 0.3) is 22.0 Å². The minimum Gasteiger partial charge on any atom is -0.339 e. The molecule has 3 aromatic carbocycles. The van der Waals surface area contributed by atoms with Crippen molar-refractivity contribution in [1.29, 1.82) is 0 Å². The summed E-state index contributed by atoms with van der Waals surface area (Å²) in [4.78, 5) is 0. The number of halogens is 1. The Morgan fingerprint density at radius 3 is 2.57 bits per heavy atom. The van der Waals surface area contributed by atoms with Crippen LogP contribution in [0.1, 0.15) is 23.6 Å². The monoisotopic (exact) mass is 372 g/mol. The van der Waals surface area contributed by atoms with Crippen LogP contribution >= 0.6 is 0 Å². The molecule has 0 fully saturated rings. The summed E-state index contributed by atoms with van der Waals surface area (Å²) in [5.74, 6) is -0.192. The zero-order valence-electron chi connectivity index (χ0n) is 16.3. The second-order valence-electron chi connectivity index (χ2n) is 7.30. The van der Waals surface area contributed by atoms with Gasteiger partial charge in [-0.2, -0.15) is 0 Å². The molecule has 0 saturated carbocycles. The van der Waals surface area contributed by atoms with Gasteiger partial charge in [-0.15, -0.1) is 0 Å². The standard InChI is InChI=1S/C25H25FN2/c1-18-7-5-8-19(15-18)23-17-28(25-12-4-3-11-22(23)25)24(13-14-27-2)20-9-6-10-21(26)16-20/h3-12,15-17,24,27H,13-14H2,1-2H3. The molecule has 0 radical (unpaired) electrons. The normalized spacial score (nSPS) is 12.4. The number of nitrogens with one attached hydrogen (secondary N) is 1. The molecule has 4 aromatic rings. The molecule has 3 heteroatoms. The third-order valence-corrected chi connectivity index (χ3v) is 5.31. The molecule has 28 heavy (non-hydrogen) atoms. The maximum absolute atomic E-state index is 14.0. The van der Waals surface area contributed by atoms with Gasteiger partial charge in [0.05, 0.1) is 6.04 Å². The van der Waals surface area contributed by atoms with Crippen LogP contribution in [-0.2, 0) is 0 Å². The van der Waals surface area contributed by atoms with E-state index in [1.54, 1.807) is 12.1 Å². The number of nitrogens with zero attached hydrogens (tertiary/aromatic N) is 1. The molecule has 0 spiro atoms. The Bertz CT molecular complexity index is 1100. The first-order valence-corrected chi connectivity index (χ1v) is 9.74. The number of hydrogen-bond acceptors (Lipinski definition) is 1. The molecule has 1 heterocycles. The molecule has 0 aliphatic rings. The second-order valence-corrected chi connectivity index (χ2v) is 7.30. The predicted octanol–water partition coefficient (Wildman–Crippen LogP) is 5.95. The molecule has 1 aromatic heterocycles. The van der Waals surface area contributed by atoms with E-state index in [0.717, 1.165) is 18.5 Å². The lowest BCUT2D eigenvalue weighted by molar-refractivity contribution is 0.534. The lowest BCUT2D eigenvalue weighted by Crippen LogP contribution is -2.17. The SMILES string of the molecule is CNCCC(c1cccc(F)c1)n1cc(-c2cccc(C)c2)c2ccccc21. The number of rotatable bonds is 6. The number of aryl methyl sites for hydroxylation is 1. The maximum atomic E-state index is 14.0. The van der Waals surface area contributed by atoms with E-state index in [1.165, 1.54) is 33.7 Å². The summed E-state index contributed by atoms with van der Waals surface area (Å²) >= 11 is 0. The Hall–Kier alpha value is -2.91. The van der Waals surface area contributed by atoms with Crippen LogP contribution in [0.3, 0.4) is 0 Å². The summed E-state index contributed by atoms with van der Waals surface area (Å²) in [5, 5.41) is 4.46. The van der Waals surface area contributed by atoms with E-state index >= 15 is 0 Å². The average Bonchev–Trinajstić information content (AvgIpc) is 3.08. The van der Waals surface area contributed by atoms with Gasteiger partial charge in [-0.25, -0.2) is 4.39 Å². The van der Waals surface area contributed by atoms with Crippen LogP contribution in [0, 0.1) is 12.7 Å². The van der Waals surface area contributed by atoms with Crippen LogP contribution in [0.5, 0.6) is 0 Å². The molecule has 1 unspecified atom stereocenters. The summed E-state index contributed by atoms with van der Waals surface area (Å²) < 4.78 is 16.3. The molecular formula is C25H25FN2. The van der Waals surface area contributed by atoms with Crippen molar-refractivity contribution < 1.29 is 4.39 Å². The van der Waals surface area contributed by atoms with E-state index in [0.29, 0.717) is 0 Å². The van der Waals surface area contributed by atoms with Gasteiger partial charge in [0.25, 0.3) is 0 Å². The number of aromatic nitrogens is 1. The van der Waals surface area contributed by atoms with E-state index in [2.05, 4.69) is 71.5 Å². The van der Waals surface area contributed by atoms with Crippen molar-refractivity contribution in [2.24, 2.45) is 0 Å². The van der Waals surface area contributed by atoms with E-state index < -0.39 is 0 Å². The van der Waals surface area contributed by atoms with Crippen molar-refractivity contribution in [3.05, 3.63) is 95.9 Å². The van der Waals surface area contributed by atoms with Gasteiger partial charge in [-0.1, -0.05) is 60.2 Å². The van der Waals surface area contributed by atoms with Crippen molar-refractivity contribution in [3.63, 3.8) is 0 Å². The number of hydrogen-bond donors (Lipinski definition) is 1. The van der Waals surface area contributed by atoms with E-state index in [4.69, 9.17) is 0 Å². The maximum Gasteiger partial charge on any atom is 0.123 e. The van der Waals surface area contributed by atoms with Crippen LogP contribution in [-0.4, -0.2) is 18.2 Å². The lowest BCUT2D eigenvalue weighted by Gasteiger charge is -2.21. The molecule has 0 saturated heterocycles. The zero-order chi connectivity index (χ0) is 19.5. The smallest absolute Gasteiger partial charge is 0.123 e. The minimum absolute atomic E-state index is 0.0617. The molecule has 142 valence electrons. The summed E-state index contributed by atoms with van der Waals surface area (Å²) in [5.41, 5.74) is 5.83. The van der Waals surface area contributed by atoms with Crippen molar-refractivity contribution >= 4 is 10.9 Å². The van der Waals surface area contributed by atoms with E-state index in [9.17, 15) is 4.39 Å². The number of para-hydroxylation sites is 1. The van der Waals surface area contributed by atoms with Crippen LogP contribution in [0.4, 0.5) is 4.39 Å². The van der Waals surface area contributed by atoms with Gasteiger partial charge < -0.3 is 9.88 Å². The third kappa shape index (κ3) is 3.58. The largest absolute Gasteiger partial charge is 0.339 e. The van der Waals surface area contributed by atoms with Gasteiger partial charge >= 0.3 is 0 Å². The molecule has 1 N–H and O–H groups in total. The third-order valence-electron chi connectivity index (χ3n) is 5.31. The Morgan fingerprint density at radius 2 is 1.79 bits per heavy atom. The highest BCUT2D eigenvalue weighted by molar-refractivity contribution is 5.96. The molecule has 0 aliphatic heterocycles. The molecule has 1 atom stereocenters. The average molecular weight is 372 g/mol. The highest BCUT2D eigenvalue weighted by atomic mass is 19.1. The van der Waals surface area contributed by atoms with Crippen molar-refractivity contribution in [1.82, 2.24) is 9.88 Å². The predicted molar refractivity (Wildman–Crippen MR) is 115 cm³/mol. The highest BCUT2D eigenvalue weighted by Crippen LogP contribution is 2.35. The quantitative estimate of drug-likeness (QED) is 0.442. The van der Waals surface area contributed by atoms with E-state index in [-0.39, 0.29) is 11.9 Å². The van der Waals surface area contributed by atoms with Gasteiger partial charge in [0.15, 0.2) is 0 Å². The highest BCUT2D eigenvalue weighted by Gasteiger charge is 2.19. The van der Waals surface area contributed by atoms with Crippen molar-refractivity contribution in [2.75, 3.05) is 13.6 Å². The Balaban J connectivity index is 1.91. The van der Waals surface area contributed by atoms with Gasteiger partial charge in [0.1, 0.15) is 5.82 Å². The summed E-state index contributed by atoms with van der Waals surface area (Å²) in [6, 6.07) is 24.1. The van der Waals surface area contributed by atoms with Gasteiger partial charge in [0.2, 0.25) is 0 Å². The lowest BCUT2D eigenvalue weighted by atomic mass is 10.0. The van der Waals surface area contributed by atoms with Crippen LogP contribution in [0.2, 0.25) is 0 Å². The van der Waals surface area contributed by atoms with Crippen LogP contribution < -0.4 is 5.32 Å². The van der Waals surface area contributed by atoms with Gasteiger partial charge in [0, 0.05) is 22.7 Å². The molecule has 2 nitrogen and oxygen atoms in total. The van der Waals surface area contributed by atoms with E-state index in [1.807, 2.05) is 13.1 Å². The van der Waals surface area contributed by atoms with Gasteiger partial charge in [-0.05, 0) is 56.3 Å².